The third-order valence-electron chi connectivity index (χ3n) is 2.79. The van der Waals surface area contributed by atoms with E-state index >= 15 is 0 Å². The van der Waals surface area contributed by atoms with Crippen LogP contribution in [-0.2, 0) is 0 Å². The van der Waals surface area contributed by atoms with Crippen molar-refractivity contribution in [2.24, 2.45) is 0 Å². The van der Waals surface area contributed by atoms with Gasteiger partial charge in [0.05, 0.1) is 5.52 Å². The highest BCUT2D eigenvalue weighted by Crippen LogP contribution is 2.30. The number of halogens is 2. The van der Waals surface area contributed by atoms with E-state index in [4.69, 9.17) is 23.2 Å². The molecule has 3 aromatic rings. The number of aromatic nitrogens is 2. The first kappa shape index (κ1) is 11.9. The summed E-state index contributed by atoms with van der Waals surface area (Å²) in [5.41, 5.74) is 2.71. The number of fused-ring (bicyclic) bond motifs is 1. The molecule has 0 atom stereocenters. The molecule has 1 aromatic carbocycles. The highest BCUT2D eigenvalue weighted by atomic mass is 35.5. The van der Waals surface area contributed by atoms with E-state index in [-0.39, 0.29) is 0 Å². The molecule has 2 nitrogen and oxygen atoms in total. The van der Waals surface area contributed by atoms with E-state index in [9.17, 15) is 0 Å². The van der Waals surface area contributed by atoms with Crippen molar-refractivity contribution in [3.8, 4) is 11.4 Å². The van der Waals surface area contributed by atoms with Gasteiger partial charge in [0.25, 0.3) is 0 Å². The Morgan fingerprint density at radius 1 is 1.11 bits per heavy atom. The third kappa shape index (κ3) is 1.88. The molecular formula is C13H8Cl2N2S. The van der Waals surface area contributed by atoms with Gasteiger partial charge in [-0.15, -0.1) is 0 Å². The highest BCUT2D eigenvalue weighted by molar-refractivity contribution is 7.08. The Hall–Kier alpha value is -1.16. The summed E-state index contributed by atoms with van der Waals surface area (Å²) in [6.07, 6.45) is 0. The SMILES string of the molecule is Cc1c(Cl)ccc2c(Cl)nc(-c3ccsc3)nc12. The second-order valence-corrected chi connectivity index (χ2v) is 5.46. The van der Waals surface area contributed by atoms with Crippen LogP contribution in [0.25, 0.3) is 22.3 Å². The average molecular weight is 295 g/mol. The van der Waals surface area contributed by atoms with Crippen molar-refractivity contribution in [3.05, 3.63) is 44.7 Å². The Kier molecular flexibility index (Phi) is 2.98. The second kappa shape index (κ2) is 4.50. The molecule has 0 fully saturated rings. The molecule has 0 radical (unpaired) electrons. The molecule has 0 spiro atoms. The fourth-order valence-electron chi connectivity index (χ4n) is 1.79. The van der Waals surface area contributed by atoms with Gasteiger partial charge in [0.1, 0.15) is 5.15 Å². The van der Waals surface area contributed by atoms with Crippen molar-refractivity contribution in [3.63, 3.8) is 0 Å². The van der Waals surface area contributed by atoms with Crippen LogP contribution in [0.15, 0.2) is 29.0 Å². The van der Waals surface area contributed by atoms with Gasteiger partial charge < -0.3 is 0 Å². The van der Waals surface area contributed by atoms with Crippen LogP contribution in [0, 0.1) is 6.92 Å². The van der Waals surface area contributed by atoms with Gasteiger partial charge in [-0.3, -0.25) is 0 Å². The maximum atomic E-state index is 6.21. The molecule has 0 bridgehead atoms. The van der Waals surface area contributed by atoms with E-state index in [0.717, 1.165) is 22.0 Å². The predicted molar refractivity (Wildman–Crippen MR) is 77.6 cm³/mol. The highest BCUT2D eigenvalue weighted by Gasteiger charge is 2.11. The zero-order valence-corrected chi connectivity index (χ0v) is 11.8. The van der Waals surface area contributed by atoms with E-state index in [1.165, 1.54) is 0 Å². The van der Waals surface area contributed by atoms with E-state index < -0.39 is 0 Å². The fraction of sp³-hybridized carbons (Fsp3) is 0.0769. The van der Waals surface area contributed by atoms with Crippen LogP contribution in [0.4, 0.5) is 0 Å². The molecule has 0 N–H and O–H groups in total. The second-order valence-electron chi connectivity index (χ2n) is 3.92. The maximum absolute atomic E-state index is 6.21. The van der Waals surface area contributed by atoms with Crippen molar-refractivity contribution in [2.45, 2.75) is 6.92 Å². The summed E-state index contributed by atoms with van der Waals surface area (Å²) in [6, 6.07) is 5.64. The molecule has 0 amide bonds. The first-order valence-corrected chi connectivity index (χ1v) is 7.01. The summed E-state index contributed by atoms with van der Waals surface area (Å²) in [5.74, 6) is 0.638. The standard InChI is InChI=1S/C13H8Cl2N2S/c1-7-10(14)3-2-9-11(7)16-13(17-12(9)15)8-4-5-18-6-8/h2-6H,1H3. The Morgan fingerprint density at radius 3 is 2.67 bits per heavy atom. The number of aryl methyl sites for hydroxylation is 1. The molecule has 2 aromatic heterocycles. The van der Waals surface area contributed by atoms with Gasteiger partial charge >= 0.3 is 0 Å². The largest absolute Gasteiger partial charge is 0.228 e. The van der Waals surface area contributed by atoms with Crippen molar-refractivity contribution < 1.29 is 0 Å². The van der Waals surface area contributed by atoms with Gasteiger partial charge in [-0.2, -0.15) is 11.3 Å². The summed E-state index contributed by atoms with van der Waals surface area (Å²) >= 11 is 13.9. The normalized spacial score (nSPS) is 11.1. The summed E-state index contributed by atoms with van der Waals surface area (Å²) in [5, 5.41) is 5.96. The monoisotopic (exact) mass is 294 g/mol. The lowest BCUT2D eigenvalue weighted by atomic mass is 10.1. The third-order valence-corrected chi connectivity index (χ3v) is 4.17. The Bertz CT molecular complexity index is 723. The predicted octanol–water partition coefficient (Wildman–Crippen LogP) is 4.97. The minimum absolute atomic E-state index is 0.459. The first-order chi connectivity index (χ1) is 8.66. The lowest BCUT2D eigenvalue weighted by Gasteiger charge is -2.06. The Balaban J connectivity index is 2.35. The fourth-order valence-corrected chi connectivity index (χ4v) is 2.81. The average Bonchev–Trinajstić information content (AvgIpc) is 2.88. The first-order valence-electron chi connectivity index (χ1n) is 5.32. The van der Waals surface area contributed by atoms with Gasteiger partial charge in [-0.25, -0.2) is 9.97 Å². The number of hydrogen-bond donors (Lipinski definition) is 0. The zero-order chi connectivity index (χ0) is 12.7. The molecule has 5 heteroatoms. The van der Waals surface area contributed by atoms with Gasteiger partial charge in [0.15, 0.2) is 5.82 Å². The smallest absolute Gasteiger partial charge is 0.162 e. The van der Waals surface area contributed by atoms with E-state index in [1.54, 1.807) is 11.3 Å². The molecule has 0 aliphatic heterocycles. The molecule has 0 aliphatic carbocycles. The van der Waals surface area contributed by atoms with E-state index in [0.29, 0.717) is 16.0 Å². The van der Waals surface area contributed by atoms with Crippen LogP contribution in [0.2, 0.25) is 10.2 Å². The number of hydrogen-bond acceptors (Lipinski definition) is 3. The molecule has 3 rings (SSSR count). The van der Waals surface area contributed by atoms with Crippen molar-refractivity contribution >= 4 is 45.4 Å². The summed E-state index contributed by atoms with van der Waals surface area (Å²) in [4.78, 5) is 8.90. The number of benzene rings is 1. The van der Waals surface area contributed by atoms with Crippen LogP contribution in [-0.4, -0.2) is 9.97 Å². The topological polar surface area (TPSA) is 25.8 Å². The van der Waals surface area contributed by atoms with Gasteiger partial charge in [0, 0.05) is 21.4 Å². The zero-order valence-electron chi connectivity index (χ0n) is 9.45. The maximum Gasteiger partial charge on any atom is 0.162 e. The van der Waals surface area contributed by atoms with Crippen molar-refractivity contribution in [1.29, 1.82) is 0 Å². The molecule has 90 valence electrons. The molecule has 0 saturated carbocycles. The molecule has 0 aliphatic rings. The number of thiophene rings is 1. The minimum atomic E-state index is 0.459. The van der Waals surface area contributed by atoms with Crippen LogP contribution >= 0.6 is 34.5 Å². The lowest BCUT2D eigenvalue weighted by Crippen LogP contribution is -1.93. The molecule has 2 heterocycles. The van der Waals surface area contributed by atoms with E-state index in [1.807, 2.05) is 35.9 Å². The van der Waals surface area contributed by atoms with Gasteiger partial charge in [0.2, 0.25) is 0 Å². The Labute approximate surface area is 118 Å². The summed E-state index contributed by atoms with van der Waals surface area (Å²) in [7, 11) is 0. The molecule has 0 unspecified atom stereocenters. The van der Waals surface area contributed by atoms with Crippen molar-refractivity contribution in [1.82, 2.24) is 9.97 Å². The quantitative estimate of drug-likeness (QED) is 0.592. The summed E-state index contributed by atoms with van der Waals surface area (Å²) in [6.45, 7) is 1.94. The van der Waals surface area contributed by atoms with Gasteiger partial charge in [-0.05, 0) is 36.1 Å². The molecule has 18 heavy (non-hydrogen) atoms. The number of rotatable bonds is 1. The van der Waals surface area contributed by atoms with Crippen LogP contribution in [0.3, 0.4) is 0 Å². The van der Waals surface area contributed by atoms with Crippen LogP contribution in [0.5, 0.6) is 0 Å². The molecular weight excluding hydrogens is 287 g/mol. The van der Waals surface area contributed by atoms with Crippen LogP contribution < -0.4 is 0 Å². The van der Waals surface area contributed by atoms with Gasteiger partial charge in [-0.1, -0.05) is 23.2 Å². The molecule has 0 saturated heterocycles. The van der Waals surface area contributed by atoms with Crippen LogP contribution in [0.1, 0.15) is 5.56 Å². The van der Waals surface area contributed by atoms with E-state index in [2.05, 4.69) is 9.97 Å². The van der Waals surface area contributed by atoms with Crippen molar-refractivity contribution in [2.75, 3.05) is 0 Å². The summed E-state index contributed by atoms with van der Waals surface area (Å²) < 4.78 is 0. The Morgan fingerprint density at radius 2 is 1.94 bits per heavy atom. The number of nitrogens with zero attached hydrogens (tertiary/aromatic N) is 2. The minimum Gasteiger partial charge on any atom is -0.228 e. The lowest BCUT2D eigenvalue weighted by molar-refractivity contribution is 1.22.